The van der Waals surface area contributed by atoms with Crippen molar-refractivity contribution >= 4 is 21.9 Å². The van der Waals surface area contributed by atoms with Gasteiger partial charge in [0.25, 0.3) is 0 Å². The Bertz CT molecular complexity index is 431. The van der Waals surface area contributed by atoms with Crippen molar-refractivity contribution in [2.75, 3.05) is 0 Å². The lowest BCUT2D eigenvalue weighted by molar-refractivity contribution is -0.151. The maximum absolute atomic E-state index is 11.7. The second kappa shape index (κ2) is 6.08. The molecule has 0 saturated heterocycles. The van der Waals surface area contributed by atoms with Crippen LogP contribution in [0.5, 0.6) is 0 Å². The number of carbonyl (C=O) groups is 1. The number of carboxylic acids is 1. The normalized spacial score (nSPS) is 27.2. The monoisotopic (exact) mass is 324 g/mol. The highest BCUT2D eigenvalue weighted by molar-refractivity contribution is 9.10. The molecule has 2 rings (SSSR count). The Morgan fingerprint density at radius 3 is 2.37 bits per heavy atom. The van der Waals surface area contributed by atoms with Crippen LogP contribution in [0.15, 0.2) is 28.7 Å². The molecule has 0 aromatic heterocycles. The van der Waals surface area contributed by atoms with E-state index in [0.29, 0.717) is 6.42 Å². The minimum Gasteiger partial charge on any atom is -0.481 e. The third-order valence-electron chi connectivity index (χ3n) is 4.55. The van der Waals surface area contributed by atoms with Crippen molar-refractivity contribution < 1.29 is 9.90 Å². The fraction of sp³-hybridized carbons (Fsp3) is 0.562. The summed E-state index contributed by atoms with van der Waals surface area (Å²) in [6.45, 7) is 2.20. The highest BCUT2D eigenvalue weighted by Gasteiger charge is 2.41. The maximum Gasteiger partial charge on any atom is 0.309 e. The summed E-state index contributed by atoms with van der Waals surface area (Å²) in [4.78, 5) is 11.7. The predicted octanol–water partition coefficient (Wildman–Crippen LogP) is 4.66. The molecule has 3 heteroatoms. The van der Waals surface area contributed by atoms with Gasteiger partial charge in [0.1, 0.15) is 0 Å². The first-order chi connectivity index (χ1) is 9.05. The van der Waals surface area contributed by atoms with Gasteiger partial charge in [0.05, 0.1) is 5.41 Å². The molecule has 0 unspecified atom stereocenters. The summed E-state index contributed by atoms with van der Waals surface area (Å²) < 4.78 is 1.04. The Kier molecular flexibility index (Phi) is 4.67. The molecule has 0 bridgehead atoms. The van der Waals surface area contributed by atoms with Gasteiger partial charge in [-0.1, -0.05) is 41.4 Å². The zero-order valence-electron chi connectivity index (χ0n) is 11.4. The van der Waals surface area contributed by atoms with Crippen molar-refractivity contribution in [3.8, 4) is 0 Å². The largest absolute Gasteiger partial charge is 0.481 e. The second-order valence-corrected chi connectivity index (χ2v) is 6.66. The van der Waals surface area contributed by atoms with Crippen LogP contribution in [0.4, 0.5) is 0 Å². The van der Waals surface area contributed by atoms with E-state index < -0.39 is 11.4 Å². The van der Waals surface area contributed by atoms with E-state index in [0.717, 1.165) is 41.6 Å². The lowest BCUT2D eigenvalue weighted by Gasteiger charge is -2.36. The summed E-state index contributed by atoms with van der Waals surface area (Å²) >= 11 is 3.41. The fourth-order valence-corrected chi connectivity index (χ4v) is 3.36. The fourth-order valence-electron chi connectivity index (χ4n) is 3.10. The van der Waals surface area contributed by atoms with Gasteiger partial charge in [-0.2, -0.15) is 0 Å². The summed E-state index contributed by atoms with van der Waals surface area (Å²) in [6, 6.07) is 8.03. The van der Waals surface area contributed by atoms with Gasteiger partial charge in [-0.25, -0.2) is 0 Å². The number of rotatable bonds is 4. The molecule has 2 nitrogen and oxygen atoms in total. The Balaban J connectivity index is 2.12. The lowest BCUT2D eigenvalue weighted by Crippen LogP contribution is -2.37. The molecule has 1 saturated carbocycles. The van der Waals surface area contributed by atoms with Gasteiger partial charge < -0.3 is 5.11 Å². The molecule has 0 spiro atoms. The molecule has 104 valence electrons. The van der Waals surface area contributed by atoms with Crippen molar-refractivity contribution in [1.82, 2.24) is 0 Å². The molecular weight excluding hydrogens is 304 g/mol. The summed E-state index contributed by atoms with van der Waals surface area (Å²) in [5, 5.41) is 9.65. The van der Waals surface area contributed by atoms with Crippen LogP contribution in [0, 0.1) is 11.3 Å². The predicted molar refractivity (Wildman–Crippen MR) is 80.2 cm³/mol. The van der Waals surface area contributed by atoms with Crippen molar-refractivity contribution in [1.29, 1.82) is 0 Å². The van der Waals surface area contributed by atoms with E-state index in [-0.39, 0.29) is 0 Å². The van der Waals surface area contributed by atoms with E-state index in [4.69, 9.17) is 0 Å². The highest BCUT2D eigenvalue weighted by atomic mass is 79.9. The number of carboxylic acid groups (broad SMARTS) is 1. The molecule has 0 aliphatic heterocycles. The van der Waals surface area contributed by atoms with Gasteiger partial charge in [-0.3, -0.25) is 4.79 Å². The topological polar surface area (TPSA) is 37.3 Å². The first-order valence-corrected chi connectivity index (χ1v) is 7.83. The van der Waals surface area contributed by atoms with Crippen LogP contribution >= 0.6 is 15.9 Å². The Hall–Kier alpha value is -0.830. The summed E-state index contributed by atoms with van der Waals surface area (Å²) in [7, 11) is 0. The van der Waals surface area contributed by atoms with Crippen LogP contribution in [0.3, 0.4) is 0 Å². The summed E-state index contributed by atoms with van der Waals surface area (Å²) in [5.74, 6) is 0.0994. The van der Waals surface area contributed by atoms with Crippen LogP contribution in [0.1, 0.15) is 44.6 Å². The third kappa shape index (κ3) is 3.38. The molecule has 1 aliphatic rings. The van der Waals surface area contributed by atoms with E-state index in [1.165, 1.54) is 6.42 Å². The average molecular weight is 325 g/mol. The van der Waals surface area contributed by atoms with Crippen LogP contribution in [-0.4, -0.2) is 11.1 Å². The molecule has 0 atom stereocenters. The first-order valence-electron chi connectivity index (χ1n) is 7.03. The van der Waals surface area contributed by atoms with Gasteiger partial charge >= 0.3 is 5.97 Å². The van der Waals surface area contributed by atoms with Gasteiger partial charge in [0, 0.05) is 4.47 Å². The Morgan fingerprint density at radius 1 is 1.32 bits per heavy atom. The van der Waals surface area contributed by atoms with E-state index in [1.54, 1.807) is 0 Å². The molecule has 0 radical (unpaired) electrons. The first kappa shape index (κ1) is 14.6. The number of hydrogen-bond donors (Lipinski definition) is 1. The number of halogens is 1. The van der Waals surface area contributed by atoms with E-state index in [9.17, 15) is 9.90 Å². The van der Waals surface area contributed by atoms with E-state index in [2.05, 4.69) is 22.9 Å². The number of hydrogen-bond acceptors (Lipinski definition) is 1. The van der Waals surface area contributed by atoms with Crippen LogP contribution in [0.25, 0.3) is 0 Å². The van der Waals surface area contributed by atoms with Gasteiger partial charge in [0.2, 0.25) is 0 Å². The van der Waals surface area contributed by atoms with E-state index >= 15 is 0 Å². The zero-order valence-corrected chi connectivity index (χ0v) is 12.9. The lowest BCUT2D eigenvalue weighted by atomic mass is 9.67. The molecule has 1 aliphatic carbocycles. The molecule has 0 heterocycles. The van der Waals surface area contributed by atoms with E-state index in [1.807, 2.05) is 24.3 Å². The summed E-state index contributed by atoms with van der Waals surface area (Å²) in [5.41, 5.74) is 0.583. The van der Waals surface area contributed by atoms with Gasteiger partial charge in [-0.15, -0.1) is 0 Å². The molecule has 1 N–H and O–H groups in total. The Labute approximate surface area is 123 Å². The molecule has 19 heavy (non-hydrogen) atoms. The SMILES string of the molecule is CCC1CCC(Cc2ccc(Br)cc2)(C(=O)O)CC1. The standard InChI is InChI=1S/C16H21BrO2/c1-2-12-7-9-16(10-8-12,15(18)19)11-13-3-5-14(17)6-4-13/h3-6,12H,2,7-11H2,1H3,(H,18,19). The third-order valence-corrected chi connectivity index (χ3v) is 5.08. The molecular formula is C16H21BrO2. The van der Waals surface area contributed by atoms with Crippen LogP contribution in [-0.2, 0) is 11.2 Å². The average Bonchev–Trinajstić information content (AvgIpc) is 2.42. The summed E-state index contributed by atoms with van der Waals surface area (Å²) in [6.07, 6.45) is 5.58. The molecule has 1 fully saturated rings. The van der Waals surface area contributed by atoms with Gasteiger partial charge in [-0.05, 0) is 55.7 Å². The zero-order chi connectivity index (χ0) is 13.9. The van der Waals surface area contributed by atoms with Crippen molar-refractivity contribution in [3.63, 3.8) is 0 Å². The molecule has 0 amide bonds. The highest BCUT2D eigenvalue weighted by Crippen LogP contribution is 2.42. The van der Waals surface area contributed by atoms with Crippen molar-refractivity contribution in [2.24, 2.45) is 11.3 Å². The van der Waals surface area contributed by atoms with Crippen LogP contribution in [0.2, 0.25) is 0 Å². The van der Waals surface area contributed by atoms with Crippen molar-refractivity contribution in [3.05, 3.63) is 34.3 Å². The minimum absolute atomic E-state index is 0.542. The number of benzene rings is 1. The van der Waals surface area contributed by atoms with Crippen molar-refractivity contribution in [2.45, 2.75) is 45.4 Å². The molecule has 1 aromatic carbocycles. The number of aliphatic carboxylic acids is 1. The molecule has 1 aromatic rings. The smallest absolute Gasteiger partial charge is 0.309 e. The quantitative estimate of drug-likeness (QED) is 0.874. The Morgan fingerprint density at radius 2 is 1.89 bits per heavy atom. The second-order valence-electron chi connectivity index (χ2n) is 5.74. The van der Waals surface area contributed by atoms with Crippen LogP contribution < -0.4 is 0 Å². The maximum atomic E-state index is 11.7. The minimum atomic E-state index is -0.620. The van der Waals surface area contributed by atoms with Gasteiger partial charge in [0.15, 0.2) is 0 Å².